The largest absolute Gasteiger partial charge is 0.504 e. The number of fused-ring (bicyclic) bond motifs is 10. The zero-order valence-corrected chi connectivity index (χ0v) is 45.5. The number of piperidine rings is 2. The highest BCUT2D eigenvalue weighted by molar-refractivity contribution is 6.00. The van der Waals surface area contributed by atoms with Gasteiger partial charge in [-0.1, -0.05) is 38.8 Å². The molecule has 1 amide bonds. The molecule has 6 atom stereocenters. The standard InChI is InChI=1S/C28H37N3O7.C23H30N2O4.C5H7NO3/c1-6-17-15-30-12-11-18-25-21(9-8-10-23(25)36-4)31(28(34)29-14-24(32)38-7-2)26(18)22(30)13-19(17)20(16-35-3)27(33)37-5;1-5-14-12-25-10-9-15-21-18(7-6-8-20(21)28-3)24-22(15)19(25)11-16(14)17(13-27-2)23(26)29-4;1-2-9-5(8)3-6-4-7/h8-10,16-17,19,22H,6-7,11-15H2,1-5H3,(H,29,34);6-8,13-14,16,19,24H,5,9-12H2,1-4H3;2-3H2,1H3/b20-16+;17-13+;/t17-,19+,22+;14-,16+,19+;/m11./s1. The smallest absolute Gasteiger partial charge is 0.337 e. The number of rotatable bonds is 16. The van der Waals surface area contributed by atoms with Crippen molar-refractivity contribution in [3.8, 4) is 11.5 Å². The van der Waals surface area contributed by atoms with Crippen LogP contribution in [0.3, 0.4) is 0 Å². The van der Waals surface area contributed by atoms with Crippen molar-refractivity contribution in [2.45, 2.75) is 78.3 Å². The number of methoxy groups -OCH3 is 6. The number of nitrogens with one attached hydrogen (secondary N) is 2. The zero-order valence-electron chi connectivity index (χ0n) is 45.5. The Morgan fingerprint density at radius 3 is 1.79 bits per heavy atom. The molecular weight excluding hydrogens is 981 g/mol. The van der Waals surface area contributed by atoms with E-state index < -0.39 is 23.9 Å². The summed E-state index contributed by atoms with van der Waals surface area (Å²) in [6.45, 7) is 11.4. The maximum Gasteiger partial charge on any atom is 0.337 e. The molecular formula is C56H74N6O14. The van der Waals surface area contributed by atoms with Crippen molar-refractivity contribution in [3.05, 3.63) is 82.6 Å². The number of benzene rings is 2. The van der Waals surface area contributed by atoms with Crippen LogP contribution < -0.4 is 14.8 Å². The minimum atomic E-state index is -0.499. The molecule has 0 saturated carbocycles. The van der Waals surface area contributed by atoms with E-state index in [1.807, 2.05) is 30.3 Å². The molecule has 0 unspecified atom stereocenters. The second kappa shape index (κ2) is 27.6. The van der Waals surface area contributed by atoms with E-state index in [0.717, 1.165) is 86.2 Å². The molecule has 20 nitrogen and oxygen atoms in total. The fourth-order valence-corrected chi connectivity index (χ4v) is 11.7. The minimum Gasteiger partial charge on any atom is -0.504 e. The second-order valence-electron chi connectivity index (χ2n) is 18.8. The second-order valence-corrected chi connectivity index (χ2v) is 18.8. The van der Waals surface area contributed by atoms with Crippen LogP contribution in [0.2, 0.25) is 0 Å². The summed E-state index contributed by atoms with van der Waals surface area (Å²) in [5, 5.41) is 4.82. The van der Waals surface area contributed by atoms with Crippen molar-refractivity contribution in [1.29, 1.82) is 0 Å². The molecule has 2 N–H and O–H groups in total. The third kappa shape index (κ3) is 12.6. The number of carbonyl (C=O) groups excluding carboxylic acids is 6. The number of aliphatic imine (C=N–C) groups is 1. The quantitative estimate of drug-likeness (QED) is 0.0284. The van der Waals surface area contributed by atoms with E-state index in [1.165, 1.54) is 50.3 Å². The van der Waals surface area contributed by atoms with Gasteiger partial charge >= 0.3 is 29.9 Å². The van der Waals surface area contributed by atoms with Crippen molar-refractivity contribution in [3.63, 3.8) is 0 Å². The maximum atomic E-state index is 13.6. The number of hydrogen-bond donors (Lipinski definition) is 2. The van der Waals surface area contributed by atoms with Crippen molar-refractivity contribution < 1.29 is 66.7 Å². The predicted molar refractivity (Wildman–Crippen MR) is 282 cm³/mol. The molecule has 20 heteroatoms. The average molecular weight is 1060 g/mol. The van der Waals surface area contributed by atoms with E-state index in [1.54, 1.807) is 46.0 Å². The van der Waals surface area contributed by atoms with Gasteiger partial charge in [0.05, 0.1) is 97.1 Å². The monoisotopic (exact) mass is 1050 g/mol. The molecule has 4 aromatic rings. The summed E-state index contributed by atoms with van der Waals surface area (Å²) < 4.78 is 43.2. The van der Waals surface area contributed by atoms with Gasteiger partial charge in [0.15, 0.2) is 0 Å². The van der Waals surface area contributed by atoms with E-state index in [0.29, 0.717) is 41.4 Å². The van der Waals surface area contributed by atoms with Crippen LogP contribution in [0.4, 0.5) is 4.79 Å². The topological polar surface area (TPSA) is 228 Å². The number of amides is 1. The maximum absolute atomic E-state index is 13.6. The van der Waals surface area contributed by atoms with Crippen LogP contribution in [-0.4, -0.2) is 150 Å². The van der Waals surface area contributed by atoms with E-state index in [-0.39, 0.29) is 55.5 Å². The Bertz CT molecular complexity index is 2810. The number of nitrogens with zero attached hydrogens (tertiary/aromatic N) is 4. The summed E-state index contributed by atoms with van der Waals surface area (Å²) in [6, 6.07) is 11.5. The molecule has 0 spiro atoms. The summed E-state index contributed by atoms with van der Waals surface area (Å²) in [6.07, 6.45) is 9.43. The van der Waals surface area contributed by atoms with E-state index in [9.17, 15) is 28.8 Å². The van der Waals surface area contributed by atoms with E-state index in [4.69, 9.17) is 33.2 Å². The number of hydrogen-bond acceptors (Lipinski definition) is 17. The first kappa shape index (κ1) is 58.1. The van der Waals surface area contributed by atoms with Gasteiger partial charge in [-0.15, -0.1) is 0 Å². The number of carbonyl (C=O) groups is 5. The van der Waals surface area contributed by atoms with Gasteiger partial charge in [-0.2, -0.15) is 4.99 Å². The van der Waals surface area contributed by atoms with Crippen LogP contribution in [0.1, 0.15) is 88.0 Å². The molecule has 6 heterocycles. The van der Waals surface area contributed by atoms with Crippen LogP contribution in [0.15, 0.2) is 65.1 Å². The number of isocyanates is 1. The number of aromatic amines is 1. The summed E-state index contributed by atoms with van der Waals surface area (Å²) in [7, 11) is 9.26. The lowest BCUT2D eigenvalue weighted by Crippen LogP contribution is -2.48. The van der Waals surface area contributed by atoms with E-state index in [2.05, 4.69) is 49.7 Å². The van der Waals surface area contributed by atoms with Crippen LogP contribution in [0.5, 0.6) is 11.5 Å². The Balaban J connectivity index is 0.000000217. The summed E-state index contributed by atoms with van der Waals surface area (Å²) in [4.78, 5) is 82.3. The first-order chi connectivity index (χ1) is 36.8. The van der Waals surface area contributed by atoms with Crippen LogP contribution in [-0.2, 0) is 65.2 Å². The molecule has 2 aromatic heterocycles. The molecule has 2 aromatic carbocycles. The van der Waals surface area contributed by atoms with Gasteiger partial charge in [0.2, 0.25) is 6.08 Å². The van der Waals surface area contributed by atoms with Gasteiger partial charge in [-0.25, -0.2) is 19.2 Å². The fraction of sp³-hybridized carbons (Fsp3) is 0.536. The normalized spacial score (nSPS) is 21.0. The molecule has 0 aliphatic carbocycles. The van der Waals surface area contributed by atoms with Gasteiger partial charge in [0.25, 0.3) is 0 Å². The highest BCUT2D eigenvalue weighted by Gasteiger charge is 2.45. The lowest BCUT2D eigenvalue weighted by atomic mass is 9.74. The Morgan fingerprint density at radius 1 is 0.711 bits per heavy atom. The summed E-state index contributed by atoms with van der Waals surface area (Å²) in [5.41, 5.74) is 7.49. The molecule has 8 rings (SSSR count). The van der Waals surface area contributed by atoms with Crippen molar-refractivity contribution in [2.75, 3.05) is 95.1 Å². The molecule has 4 aliphatic rings. The molecule has 412 valence electrons. The molecule has 4 aliphatic heterocycles. The molecule has 2 saturated heterocycles. The number of H-pyrrole nitrogens is 1. The third-order valence-corrected chi connectivity index (χ3v) is 15.0. The Hall–Kier alpha value is -7.15. The number of aromatic nitrogens is 2. The molecule has 2 fully saturated rings. The SMILES string of the molecule is CCOC(=O)CN=C=O.CCOC(=O)CNC(=O)n1c2c(c3c(OC)cccc31)CCN1C[C@@H](CC)[C@@H](/C(=C\OC)C(=O)OC)C[C@@H]21.CC[C@@H]1CN2CCc3c([nH]c4cccc(OC)c34)[C@@H]2C[C@@H]1/C(=C\OC)C(=O)OC. The van der Waals surface area contributed by atoms with Gasteiger partial charge < -0.3 is 48.2 Å². The average Bonchev–Trinajstić information content (AvgIpc) is 4.02. The van der Waals surface area contributed by atoms with Crippen molar-refractivity contribution in [2.24, 2.45) is 28.7 Å². The van der Waals surface area contributed by atoms with Crippen molar-refractivity contribution in [1.82, 2.24) is 24.7 Å². The lowest BCUT2D eigenvalue weighted by Gasteiger charge is -2.46. The Labute approximate surface area is 444 Å². The highest BCUT2D eigenvalue weighted by atomic mass is 16.5. The fourth-order valence-electron chi connectivity index (χ4n) is 11.7. The minimum absolute atomic E-state index is 0.105. The van der Waals surface area contributed by atoms with Gasteiger partial charge in [0.1, 0.15) is 24.6 Å². The molecule has 76 heavy (non-hydrogen) atoms. The Morgan fingerprint density at radius 2 is 1.25 bits per heavy atom. The van der Waals surface area contributed by atoms with Crippen molar-refractivity contribution >= 4 is 57.8 Å². The molecule has 0 bridgehead atoms. The van der Waals surface area contributed by atoms with Gasteiger partial charge in [-0.05, 0) is 98.6 Å². The first-order valence-electron chi connectivity index (χ1n) is 25.9. The first-order valence-corrected chi connectivity index (χ1v) is 25.9. The lowest BCUT2D eigenvalue weighted by molar-refractivity contribution is -0.142. The summed E-state index contributed by atoms with van der Waals surface area (Å²) >= 11 is 0. The van der Waals surface area contributed by atoms with Gasteiger partial charge in [-0.3, -0.25) is 24.0 Å². The third-order valence-electron chi connectivity index (χ3n) is 15.0. The number of ether oxygens (including phenoxy) is 8. The number of esters is 4. The zero-order chi connectivity index (χ0) is 55.1. The summed E-state index contributed by atoms with van der Waals surface area (Å²) in [5.74, 6) is 0.516. The van der Waals surface area contributed by atoms with Crippen LogP contribution >= 0.6 is 0 Å². The predicted octanol–water partition coefficient (Wildman–Crippen LogP) is 7.13. The van der Waals surface area contributed by atoms with Crippen LogP contribution in [0.25, 0.3) is 21.8 Å². The van der Waals surface area contributed by atoms with Crippen LogP contribution in [0, 0.1) is 23.7 Å². The molecule has 0 radical (unpaired) electrons. The van der Waals surface area contributed by atoms with Gasteiger partial charge in [0, 0.05) is 53.9 Å². The van der Waals surface area contributed by atoms with E-state index >= 15 is 0 Å². The Kier molecular flexibility index (Phi) is 21.1. The highest BCUT2D eigenvalue weighted by Crippen LogP contribution is 2.50.